The minimum Gasteiger partial charge on any atom is -0.507 e. The molecule has 0 radical (unpaired) electrons. The van der Waals surface area contributed by atoms with Crippen molar-refractivity contribution < 1.29 is 32.5 Å². The minimum absolute atomic E-state index is 0.0653. The van der Waals surface area contributed by atoms with Crippen LogP contribution in [-0.4, -0.2) is 47.6 Å². The Morgan fingerprint density at radius 3 is 2.65 bits per heavy atom. The fraction of sp³-hybridized carbons (Fsp3) is 0.375. The van der Waals surface area contributed by atoms with E-state index in [2.05, 4.69) is 10.3 Å². The second kappa shape index (κ2) is 8.09. The van der Waals surface area contributed by atoms with Gasteiger partial charge in [-0.2, -0.15) is 13.2 Å². The van der Waals surface area contributed by atoms with Crippen LogP contribution in [0.3, 0.4) is 0 Å². The molecule has 10 heteroatoms. The first-order chi connectivity index (χ1) is 12.2. The van der Waals surface area contributed by atoms with Crippen molar-refractivity contribution in [2.75, 3.05) is 26.1 Å². The Balaban J connectivity index is 2.26. The molecule has 0 fully saturated rings. The number of rotatable bonds is 7. The maximum absolute atomic E-state index is 12.7. The van der Waals surface area contributed by atoms with Gasteiger partial charge in [-0.1, -0.05) is 0 Å². The van der Waals surface area contributed by atoms with Gasteiger partial charge in [0.15, 0.2) is 0 Å². The molecule has 0 aliphatic heterocycles. The molecule has 2 aromatic rings. The number of anilines is 1. The third-order valence-corrected chi connectivity index (χ3v) is 3.51. The Labute approximate surface area is 147 Å². The van der Waals surface area contributed by atoms with Gasteiger partial charge in [0, 0.05) is 25.4 Å². The van der Waals surface area contributed by atoms with Gasteiger partial charge in [0.2, 0.25) is 5.95 Å². The Hall–Kier alpha value is -2.75. The van der Waals surface area contributed by atoms with E-state index in [1.165, 1.54) is 37.0 Å². The smallest absolute Gasteiger partial charge is 0.394 e. The standard InChI is InChI=1S/C16H18F3N3O4/c1-25-6-5-22-10(8-16(17,18)19)9-20-15(22)21-14(24)12-4-3-11(26-2)7-13(12)23/h3-4,7,9,23H,5-6,8H2,1-2H3,(H,20,21,24). The summed E-state index contributed by atoms with van der Waals surface area (Å²) in [6, 6.07) is 4.06. The highest BCUT2D eigenvalue weighted by molar-refractivity contribution is 6.05. The number of benzene rings is 1. The Bertz CT molecular complexity index is 775. The fourth-order valence-corrected chi connectivity index (χ4v) is 2.29. The van der Waals surface area contributed by atoms with Crippen molar-refractivity contribution in [3.63, 3.8) is 0 Å². The fourth-order valence-electron chi connectivity index (χ4n) is 2.29. The van der Waals surface area contributed by atoms with Crippen LogP contribution >= 0.6 is 0 Å². The molecule has 0 atom stereocenters. The van der Waals surface area contributed by atoms with Gasteiger partial charge < -0.3 is 19.1 Å². The first kappa shape index (κ1) is 19.6. The molecule has 0 saturated heterocycles. The number of hydrogen-bond acceptors (Lipinski definition) is 5. The number of aromatic nitrogens is 2. The van der Waals surface area contributed by atoms with Gasteiger partial charge in [-0.3, -0.25) is 10.1 Å². The number of ether oxygens (including phenoxy) is 2. The third-order valence-electron chi connectivity index (χ3n) is 3.51. The molecule has 0 bridgehead atoms. The summed E-state index contributed by atoms with van der Waals surface area (Å²) in [4.78, 5) is 16.2. The van der Waals surface area contributed by atoms with Gasteiger partial charge in [0.1, 0.15) is 11.5 Å². The van der Waals surface area contributed by atoms with E-state index in [1.54, 1.807) is 0 Å². The van der Waals surface area contributed by atoms with E-state index in [9.17, 15) is 23.1 Å². The number of halogens is 3. The van der Waals surface area contributed by atoms with Crippen molar-refractivity contribution in [2.24, 2.45) is 0 Å². The lowest BCUT2D eigenvalue weighted by molar-refractivity contribution is -0.128. The lowest BCUT2D eigenvalue weighted by Crippen LogP contribution is -2.20. The number of aromatic hydroxyl groups is 1. The van der Waals surface area contributed by atoms with Crippen LogP contribution in [0.25, 0.3) is 0 Å². The summed E-state index contributed by atoms with van der Waals surface area (Å²) in [5.74, 6) is -0.755. The van der Waals surface area contributed by atoms with Gasteiger partial charge in [-0.05, 0) is 12.1 Å². The summed E-state index contributed by atoms with van der Waals surface area (Å²) in [7, 11) is 2.82. The molecule has 0 aliphatic carbocycles. The number of carbonyl (C=O) groups excluding carboxylic acids is 1. The molecule has 7 nitrogen and oxygen atoms in total. The number of carbonyl (C=O) groups is 1. The molecule has 1 aromatic carbocycles. The summed E-state index contributed by atoms with van der Waals surface area (Å²) >= 11 is 0. The molecule has 0 aliphatic rings. The number of phenolic OH excluding ortho intramolecular Hbond substituents is 1. The Kier molecular flexibility index (Phi) is 6.09. The van der Waals surface area contributed by atoms with Gasteiger partial charge in [-0.25, -0.2) is 4.98 Å². The zero-order valence-electron chi connectivity index (χ0n) is 14.1. The normalized spacial score (nSPS) is 11.4. The highest BCUT2D eigenvalue weighted by Gasteiger charge is 2.30. The van der Waals surface area contributed by atoms with Crippen LogP contribution in [0.2, 0.25) is 0 Å². The average molecular weight is 373 g/mol. The maximum Gasteiger partial charge on any atom is 0.394 e. The van der Waals surface area contributed by atoms with Crippen LogP contribution in [0, 0.1) is 0 Å². The van der Waals surface area contributed by atoms with E-state index < -0.39 is 18.5 Å². The predicted octanol–water partition coefficient (Wildman–Crippen LogP) is 2.60. The Morgan fingerprint density at radius 1 is 1.35 bits per heavy atom. The number of nitrogens with zero attached hydrogens (tertiary/aromatic N) is 2. The first-order valence-electron chi connectivity index (χ1n) is 7.53. The molecule has 2 rings (SSSR count). The zero-order valence-corrected chi connectivity index (χ0v) is 14.1. The summed E-state index contributed by atoms with van der Waals surface area (Å²) in [6.45, 7) is 0.212. The van der Waals surface area contributed by atoms with Gasteiger partial charge in [-0.15, -0.1) is 0 Å². The van der Waals surface area contributed by atoms with Crippen molar-refractivity contribution in [1.29, 1.82) is 0 Å². The average Bonchev–Trinajstić information content (AvgIpc) is 2.92. The second-order valence-corrected chi connectivity index (χ2v) is 5.35. The molecule has 26 heavy (non-hydrogen) atoms. The van der Waals surface area contributed by atoms with E-state index >= 15 is 0 Å². The lowest BCUT2D eigenvalue weighted by Gasteiger charge is -2.14. The van der Waals surface area contributed by atoms with Crippen LogP contribution in [-0.2, 0) is 17.7 Å². The third kappa shape index (κ3) is 4.88. The van der Waals surface area contributed by atoms with Gasteiger partial charge in [0.05, 0.1) is 31.9 Å². The predicted molar refractivity (Wildman–Crippen MR) is 86.5 cm³/mol. The molecule has 142 valence electrons. The van der Waals surface area contributed by atoms with Crippen molar-refractivity contribution in [3.05, 3.63) is 35.7 Å². The van der Waals surface area contributed by atoms with E-state index in [1.807, 2.05) is 0 Å². The van der Waals surface area contributed by atoms with E-state index in [4.69, 9.17) is 9.47 Å². The topological polar surface area (TPSA) is 85.6 Å². The zero-order chi connectivity index (χ0) is 19.3. The van der Waals surface area contributed by atoms with E-state index in [0.29, 0.717) is 5.75 Å². The van der Waals surface area contributed by atoms with Crippen LogP contribution in [0.15, 0.2) is 24.4 Å². The number of imidazole rings is 1. The molecule has 0 spiro atoms. The summed E-state index contributed by atoms with van der Waals surface area (Å²) in [6.07, 6.45) is -4.56. The number of hydrogen-bond donors (Lipinski definition) is 2. The van der Waals surface area contributed by atoms with Crippen molar-refractivity contribution >= 4 is 11.9 Å². The number of amides is 1. The van der Waals surface area contributed by atoms with Gasteiger partial charge in [0.25, 0.3) is 5.91 Å². The monoisotopic (exact) mass is 373 g/mol. The quantitative estimate of drug-likeness (QED) is 0.779. The van der Waals surface area contributed by atoms with Crippen LogP contribution < -0.4 is 10.1 Å². The highest BCUT2D eigenvalue weighted by atomic mass is 19.4. The summed E-state index contributed by atoms with van der Waals surface area (Å²) in [5, 5.41) is 12.3. The second-order valence-electron chi connectivity index (χ2n) is 5.35. The molecule has 0 unspecified atom stereocenters. The molecule has 2 N–H and O–H groups in total. The molecular formula is C16H18F3N3O4. The van der Waals surface area contributed by atoms with E-state index in [-0.39, 0.29) is 36.1 Å². The van der Waals surface area contributed by atoms with Crippen LogP contribution in [0.4, 0.5) is 19.1 Å². The summed E-state index contributed by atoms with van der Waals surface area (Å²) in [5.41, 5.74) is -0.173. The largest absolute Gasteiger partial charge is 0.507 e. The Morgan fingerprint density at radius 2 is 2.08 bits per heavy atom. The number of phenols is 1. The maximum atomic E-state index is 12.7. The molecule has 1 amide bonds. The number of nitrogens with one attached hydrogen (secondary N) is 1. The minimum atomic E-state index is -4.42. The van der Waals surface area contributed by atoms with Crippen molar-refractivity contribution in [3.8, 4) is 11.5 Å². The van der Waals surface area contributed by atoms with Crippen molar-refractivity contribution in [2.45, 2.75) is 19.1 Å². The molecule has 0 saturated carbocycles. The first-order valence-corrected chi connectivity index (χ1v) is 7.53. The SMILES string of the molecule is COCCn1c(CC(F)(F)F)cnc1NC(=O)c1ccc(OC)cc1O. The summed E-state index contributed by atoms with van der Waals surface area (Å²) < 4.78 is 49.1. The molecular weight excluding hydrogens is 355 g/mol. The van der Waals surface area contributed by atoms with E-state index in [0.717, 1.165) is 6.20 Å². The number of methoxy groups -OCH3 is 2. The van der Waals surface area contributed by atoms with Gasteiger partial charge >= 0.3 is 6.18 Å². The highest BCUT2D eigenvalue weighted by Crippen LogP contribution is 2.26. The molecule has 1 aromatic heterocycles. The van der Waals surface area contributed by atoms with Crippen LogP contribution in [0.1, 0.15) is 16.1 Å². The number of alkyl halides is 3. The molecule has 1 heterocycles. The van der Waals surface area contributed by atoms with Crippen molar-refractivity contribution in [1.82, 2.24) is 9.55 Å². The lowest BCUT2D eigenvalue weighted by atomic mass is 10.2. The van der Waals surface area contributed by atoms with Crippen LogP contribution in [0.5, 0.6) is 11.5 Å².